The highest BCUT2D eigenvalue weighted by molar-refractivity contribution is 5.41. The maximum Gasteiger partial charge on any atom is 0.0298 e. The Bertz CT molecular complexity index is 416. The molecule has 1 nitrogen and oxygen atoms in total. The van der Waals surface area contributed by atoms with Gasteiger partial charge in [-0.15, -0.1) is 0 Å². The Morgan fingerprint density at radius 1 is 1.12 bits per heavy atom. The minimum Gasteiger partial charge on any atom is -0.324 e. The molecule has 0 aromatic heterocycles. The summed E-state index contributed by atoms with van der Waals surface area (Å²) in [5.41, 5.74) is 11.2. The fourth-order valence-corrected chi connectivity index (χ4v) is 3.92. The molecule has 0 amide bonds. The molecule has 17 heavy (non-hydrogen) atoms. The molecule has 0 heterocycles. The Kier molecular flexibility index (Phi) is 2.74. The lowest BCUT2D eigenvalue weighted by atomic mass is 9.61. The van der Waals surface area contributed by atoms with E-state index in [2.05, 4.69) is 25.1 Å². The van der Waals surface area contributed by atoms with Crippen molar-refractivity contribution in [3.05, 3.63) is 34.9 Å². The molecule has 1 spiro atoms. The average molecular weight is 229 g/mol. The van der Waals surface area contributed by atoms with Gasteiger partial charge in [0.25, 0.3) is 0 Å². The van der Waals surface area contributed by atoms with Crippen LogP contribution in [0.4, 0.5) is 0 Å². The van der Waals surface area contributed by atoms with Gasteiger partial charge in [-0.25, -0.2) is 0 Å². The van der Waals surface area contributed by atoms with Crippen molar-refractivity contribution in [3.8, 4) is 0 Å². The summed E-state index contributed by atoms with van der Waals surface area (Å²) in [7, 11) is 0. The molecule has 1 aromatic carbocycles. The largest absolute Gasteiger partial charge is 0.324 e. The first-order chi connectivity index (χ1) is 8.21. The van der Waals surface area contributed by atoms with Crippen LogP contribution in [0.5, 0.6) is 0 Å². The molecule has 0 radical (unpaired) electrons. The van der Waals surface area contributed by atoms with Crippen LogP contribution >= 0.6 is 0 Å². The van der Waals surface area contributed by atoms with E-state index in [9.17, 15) is 0 Å². The molecule has 0 aliphatic heterocycles. The molecule has 92 valence electrons. The van der Waals surface area contributed by atoms with Gasteiger partial charge in [0.2, 0.25) is 0 Å². The van der Waals surface area contributed by atoms with Crippen molar-refractivity contribution in [2.75, 3.05) is 0 Å². The molecule has 0 bridgehead atoms. The minimum absolute atomic E-state index is 0.276. The van der Waals surface area contributed by atoms with Crippen LogP contribution < -0.4 is 5.73 Å². The molecule has 1 aromatic rings. The topological polar surface area (TPSA) is 26.0 Å². The van der Waals surface area contributed by atoms with Gasteiger partial charge in [0.1, 0.15) is 0 Å². The summed E-state index contributed by atoms with van der Waals surface area (Å²) in [6.45, 7) is 2.21. The first-order valence-corrected chi connectivity index (χ1v) is 7.08. The van der Waals surface area contributed by atoms with Gasteiger partial charge in [-0.2, -0.15) is 0 Å². The first kappa shape index (κ1) is 11.3. The number of rotatable bonds is 0. The van der Waals surface area contributed by atoms with Gasteiger partial charge < -0.3 is 5.73 Å². The van der Waals surface area contributed by atoms with Crippen molar-refractivity contribution in [3.63, 3.8) is 0 Å². The number of hydrogen-bond donors (Lipinski definition) is 1. The molecule has 2 aliphatic carbocycles. The van der Waals surface area contributed by atoms with Crippen LogP contribution in [-0.2, 0) is 5.41 Å². The van der Waals surface area contributed by atoms with E-state index in [1.165, 1.54) is 56.1 Å². The van der Waals surface area contributed by atoms with Crippen molar-refractivity contribution < 1.29 is 0 Å². The molecular weight excluding hydrogens is 206 g/mol. The zero-order valence-corrected chi connectivity index (χ0v) is 10.8. The van der Waals surface area contributed by atoms with Gasteiger partial charge in [0.05, 0.1) is 0 Å². The summed E-state index contributed by atoms with van der Waals surface area (Å²) < 4.78 is 0. The van der Waals surface area contributed by atoms with E-state index in [4.69, 9.17) is 5.73 Å². The fourth-order valence-electron chi connectivity index (χ4n) is 3.92. The molecular formula is C16H23N. The van der Waals surface area contributed by atoms with E-state index in [0.29, 0.717) is 5.41 Å². The monoisotopic (exact) mass is 229 g/mol. The molecule has 0 saturated heterocycles. The average Bonchev–Trinajstić information content (AvgIpc) is 2.36. The second kappa shape index (κ2) is 4.13. The maximum atomic E-state index is 6.29. The van der Waals surface area contributed by atoms with Crippen LogP contribution in [0.25, 0.3) is 0 Å². The Labute approximate surface area is 104 Å². The van der Waals surface area contributed by atoms with E-state index in [0.717, 1.165) is 0 Å². The maximum absolute atomic E-state index is 6.29. The van der Waals surface area contributed by atoms with Gasteiger partial charge in [-0.05, 0) is 49.1 Å². The molecule has 1 saturated carbocycles. The van der Waals surface area contributed by atoms with Crippen LogP contribution in [0.2, 0.25) is 0 Å². The summed E-state index contributed by atoms with van der Waals surface area (Å²) in [6.07, 6.45) is 9.49. The number of nitrogens with two attached hydrogens (primary N) is 1. The second-order valence-corrected chi connectivity index (χ2v) is 6.08. The van der Waals surface area contributed by atoms with Gasteiger partial charge in [-0.3, -0.25) is 0 Å². The normalized spacial score (nSPS) is 26.8. The summed E-state index contributed by atoms with van der Waals surface area (Å²) in [6, 6.07) is 7.20. The number of hydrogen-bond acceptors (Lipinski definition) is 1. The van der Waals surface area contributed by atoms with Crippen LogP contribution in [0.1, 0.15) is 67.7 Å². The molecule has 1 fully saturated rings. The van der Waals surface area contributed by atoms with Crippen molar-refractivity contribution in [2.24, 2.45) is 5.73 Å². The zero-order chi connectivity index (χ0) is 11.9. The SMILES string of the molecule is Cc1ccc2c(c1)C1(CCCCC1)CCC2N. The van der Waals surface area contributed by atoms with Crippen molar-refractivity contribution >= 4 is 0 Å². The summed E-state index contributed by atoms with van der Waals surface area (Å²) in [5.74, 6) is 0. The summed E-state index contributed by atoms with van der Waals surface area (Å²) in [5, 5.41) is 0. The van der Waals surface area contributed by atoms with Crippen molar-refractivity contribution in [1.82, 2.24) is 0 Å². The highest BCUT2D eigenvalue weighted by Crippen LogP contribution is 2.49. The summed E-state index contributed by atoms with van der Waals surface area (Å²) in [4.78, 5) is 0. The Morgan fingerprint density at radius 3 is 2.65 bits per heavy atom. The van der Waals surface area contributed by atoms with Crippen molar-refractivity contribution in [2.45, 2.75) is 63.3 Å². The lowest BCUT2D eigenvalue weighted by Crippen LogP contribution is -2.36. The standard InChI is InChI=1S/C16H23N/c1-12-5-6-13-14(11-12)16(10-7-15(13)17)8-3-2-4-9-16/h5-6,11,15H,2-4,7-10,17H2,1H3. The molecule has 3 rings (SSSR count). The summed E-state index contributed by atoms with van der Waals surface area (Å²) >= 11 is 0. The number of fused-ring (bicyclic) bond motifs is 2. The van der Waals surface area contributed by atoms with E-state index in [-0.39, 0.29) is 6.04 Å². The van der Waals surface area contributed by atoms with Gasteiger partial charge >= 0.3 is 0 Å². The number of benzene rings is 1. The highest BCUT2D eigenvalue weighted by Gasteiger charge is 2.39. The van der Waals surface area contributed by atoms with E-state index in [1.807, 2.05) is 0 Å². The third-order valence-electron chi connectivity index (χ3n) is 4.92. The Hall–Kier alpha value is -0.820. The minimum atomic E-state index is 0.276. The molecule has 2 N–H and O–H groups in total. The van der Waals surface area contributed by atoms with Crippen LogP contribution in [0.15, 0.2) is 18.2 Å². The third-order valence-corrected chi connectivity index (χ3v) is 4.92. The van der Waals surface area contributed by atoms with Crippen LogP contribution in [0.3, 0.4) is 0 Å². The van der Waals surface area contributed by atoms with Crippen LogP contribution in [0, 0.1) is 6.92 Å². The quantitative estimate of drug-likeness (QED) is 0.715. The highest BCUT2D eigenvalue weighted by atomic mass is 14.7. The Morgan fingerprint density at radius 2 is 1.88 bits per heavy atom. The molecule has 1 unspecified atom stereocenters. The van der Waals surface area contributed by atoms with Crippen LogP contribution in [-0.4, -0.2) is 0 Å². The first-order valence-electron chi connectivity index (χ1n) is 7.08. The van der Waals surface area contributed by atoms with E-state index >= 15 is 0 Å². The smallest absolute Gasteiger partial charge is 0.0298 e. The predicted molar refractivity (Wildman–Crippen MR) is 72.1 cm³/mol. The third kappa shape index (κ3) is 1.81. The predicted octanol–water partition coefficient (Wildman–Crippen LogP) is 3.99. The van der Waals surface area contributed by atoms with Gasteiger partial charge in [0, 0.05) is 6.04 Å². The lowest BCUT2D eigenvalue weighted by Gasteiger charge is -2.44. The fraction of sp³-hybridized carbons (Fsp3) is 0.625. The van der Waals surface area contributed by atoms with Gasteiger partial charge in [-0.1, -0.05) is 43.0 Å². The second-order valence-electron chi connectivity index (χ2n) is 6.08. The molecule has 1 heteroatoms. The zero-order valence-electron chi connectivity index (χ0n) is 10.8. The van der Waals surface area contributed by atoms with E-state index in [1.54, 1.807) is 5.56 Å². The van der Waals surface area contributed by atoms with Crippen molar-refractivity contribution in [1.29, 1.82) is 0 Å². The molecule has 1 atom stereocenters. The molecule has 2 aliphatic rings. The van der Waals surface area contributed by atoms with E-state index < -0.39 is 0 Å². The lowest BCUT2D eigenvalue weighted by molar-refractivity contribution is 0.244. The number of aryl methyl sites for hydroxylation is 1. The van der Waals surface area contributed by atoms with Gasteiger partial charge in [0.15, 0.2) is 0 Å². The Balaban J connectivity index is 2.09.